The average molecular weight is 263 g/mol. The minimum Gasteiger partial charge on any atom is -0.313 e. The molecule has 0 aromatic carbocycles. The zero-order valence-corrected chi connectivity index (χ0v) is 13.1. The van der Waals surface area contributed by atoms with Crippen molar-refractivity contribution in [2.45, 2.75) is 53.2 Å². The summed E-state index contributed by atoms with van der Waals surface area (Å²) < 4.78 is 0. The van der Waals surface area contributed by atoms with Crippen molar-refractivity contribution in [3.8, 4) is 0 Å². The van der Waals surface area contributed by atoms with Crippen molar-refractivity contribution in [2.24, 2.45) is 5.92 Å². The van der Waals surface area contributed by atoms with Crippen LogP contribution in [0.2, 0.25) is 0 Å². The molecule has 0 aliphatic carbocycles. The Kier molecular flexibility index (Phi) is 7.03. The smallest absolute Gasteiger partial charge is 0.0544 e. The Morgan fingerprint density at radius 2 is 2.00 bits per heavy atom. The monoisotopic (exact) mass is 263 g/mol. The van der Waals surface area contributed by atoms with E-state index in [0.29, 0.717) is 6.04 Å². The largest absolute Gasteiger partial charge is 0.313 e. The summed E-state index contributed by atoms with van der Waals surface area (Å²) in [5.74, 6) is 0.743. The minimum atomic E-state index is 0.600. The van der Waals surface area contributed by atoms with Crippen LogP contribution in [0.3, 0.4) is 0 Å². The maximum absolute atomic E-state index is 4.55. The highest BCUT2D eigenvalue weighted by atomic mass is 15.1. The molecule has 1 rings (SSSR count). The molecule has 1 aromatic heterocycles. The summed E-state index contributed by atoms with van der Waals surface area (Å²) in [5, 5.41) is 3.31. The lowest BCUT2D eigenvalue weighted by molar-refractivity contribution is 0.218. The second-order valence-corrected chi connectivity index (χ2v) is 5.83. The average Bonchev–Trinajstić information content (AvgIpc) is 2.37. The predicted octanol–water partition coefficient (Wildman–Crippen LogP) is 3.06. The van der Waals surface area contributed by atoms with E-state index in [1.54, 1.807) is 0 Å². The Morgan fingerprint density at radius 3 is 2.53 bits per heavy atom. The van der Waals surface area contributed by atoms with Gasteiger partial charge in [-0.1, -0.05) is 26.8 Å². The molecule has 0 fully saturated rings. The minimum absolute atomic E-state index is 0.600. The highest BCUT2D eigenvalue weighted by molar-refractivity contribution is 5.14. The highest BCUT2D eigenvalue weighted by Crippen LogP contribution is 2.12. The van der Waals surface area contributed by atoms with Crippen molar-refractivity contribution in [3.05, 3.63) is 29.6 Å². The number of nitrogens with one attached hydrogen (secondary N) is 1. The fourth-order valence-electron chi connectivity index (χ4n) is 2.20. The number of rotatable bonds is 8. The van der Waals surface area contributed by atoms with Crippen molar-refractivity contribution < 1.29 is 0 Å². The summed E-state index contributed by atoms with van der Waals surface area (Å²) in [5.41, 5.74) is 2.40. The summed E-state index contributed by atoms with van der Waals surface area (Å²) in [6.07, 6.45) is 3.22. The van der Waals surface area contributed by atoms with Crippen LogP contribution in [0.4, 0.5) is 0 Å². The molecule has 0 saturated carbocycles. The first-order valence-corrected chi connectivity index (χ1v) is 7.37. The molecule has 108 valence electrons. The van der Waals surface area contributed by atoms with Gasteiger partial charge in [0.25, 0.3) is 0 Å². The molecule has 1 atom stereocenters. The van der Waals surface area contributed by atoms with E-state index in [1.165, 1.54) is 12.0 Å². The maximum atomic E-state index is 4.55. The van der Waals surface area contributed by atoms with Gasteiger partial charge in [-0.15, -0.1) is 0 Å². The van der Waals surface area contributed by atoms with E-state index >= 15 is 0 Å². The topological polar surface area (TPSA) is 28.2 Å². The van der Waals surface area contributed by atoms with Gasteiger partial charge in [0.1, 0.15) is 0 Å². The Morgan fingerprint density at radius 1 is 1.26 bits per heavy atom. The van der Waals surface area contributed by atoms with Crippen LogP contribution in [-0.2, 0) is 13.1 Å². The van der Waals surface area contributed by atoms with Crippen LogP contribution >= 0.6 is 0 Å². The Bertz CT molecular complexity index is 346. The predicted molar refractivity (Wildman–Crippen MR) is 82.0 cm³/mol. The lowest BCUT2D eigenvalue weighted by Crippen LogP contribution is -2.30. The summed E-state index contributed by atoms with van der Waals surface area (Å²) in [4.78, 5) is 6.93. The standard InChI is InChI=1S/C16H29N3/c1-6-17-10-15-7-8-16(18-11-15)12-19(5)14(4)9-13(2)3/h7-8,11,13-14,17H,6,9-10,12H2,1-5H3. The van der Waals surface area contributed by atoms with E-state index in [1.807, 2.05) is 6.20 Å². The second kappa shape index (κ2) is 8.28. The first-order valence-electron chi connectivity index (χ1n) is 7.37. The van der Waals surface area contributed by atoms with Crippen molar-refractivity contribution >= 4 is 0 Å². The van der Waals surface area contributed by atoms with Gasteiger partial charge in [0.05, 0.1) is 5.69 Å². The third-order valence-corrected chi connectivity index (χ3v) is 3.44. The van der Waals surface area contributed by atoms with Gasteiger partial charge in [-0.05, 0) is 44.5 Å². The molecule has 0 spiro atoms. The molecule has 1 heterocycles. The normalized spacial score (nSPS) is 13.2. The summed E-state index contributed by atoms with van der Waals surface area (Å²) in [6, 6.07) is 4.92. The van der Waals surface area contributed by atoms with Gasteiger partial charge in [0.2, 0.25) is 0 Å². The number of pyridine rings is 1. The van der Waals surface area contributed by atoms with Crippen LogP contribution < -0.4 is 5.32 Å². The van der Waals surface area contributed by atoms with Gasteiger partial charge in [0, 0.05) is 25.3 Å². The van der Waals surface area contributed by atoms with E-state index in [4.69, 9.17) is 0 Å². The van der Waals surface area contributed by atoms with Crippen molar-refractivity contribution in [3.63, 3.8) is 0 Å². The first kappa shape index (κ1) is 16.1. The molecule has 0 aliphatic heterocycles. The van der Waals surface area contributed by atoms with E-state index in [2.05, 4.69) is 62.1 Å². The molecule has 0 amide bonds. The van der Waals surface area contributed by atoms with Crippen molar-refractivity contribution in [1.82, 2.24) is 15.2 Å². The molecule has 19 heavy (non-hydrogen) atoms. The second-order valence-electron chi connectivity index (χ2n) is 5.83. The van der Waals surface area contributed by atoms with Gasteiger partial charge in [0.15, 0.2) is 0 Å². The van der Waals surface area contributed by atoms with E-state index in [-0.39, 0.29) is 0 Å². The first-order chi connectivity index (χ1) is 9.02. The van der Waals surface area contributed by atoms with Gasteiger partial charge < -0.3 is 5.32 Å². The van der Waals surface area contributed by atoms with E-state index in [0.717, 1.165) is 31.2 Å². The fraction of sp³-hybridized carbons (Fsp3) is 0.688. The number of aromatic nitrogens is 1. The van der Waals surface area contributed by atoms with Gasteiger partial charge in [-0.25, -0.2) is 0 Å². The molecule has 0 radical (unpaired) electrons. The molecule has 3 nitrogen and oxygen atoms in total. The number of hydrogen-bond acceptors (Lipinski definition) is 3. The third-order valence-electron chi connectivity index (χ3n) is 3.44. The molecule has 0 bridgehead atoms. The molecule has 0 aliphatic rings. The van der Waals surface area contributed by atoms with Crippen LogP contribution in [0.1, 0.15) is 45.4 Å². The summed E-state index contributed by atoms with van der Waals surface area (Å²) in [7, 11) is 2.18. The lowest BCUT2D eigenvalue weighted by Gasteiger charge is -2.25. The zero-order chi connectivity index (χ0) is 14.3. The van der Waals surface area contributed by atoms with E-state index < -0.39 is 0 Å². The summed E-state index contributed by atoms with van der Waals surface area (Å²) in [6.45, 7) is 11.8. The molecule has 3 heteroatoms. The van der Waals surface area contributed by atoms with Crippen molar-refractivity contribution in [2.75, 3.05) is 13.6 Å². The van der Waals surface area contributed by atoms with Crippen LogP contribution in [-0.4, -0.2) is 29.5 Å². The number of nitrogens with zero attached hydrogens (tertiary/aromatic N) is 2. The van der Waals surface area contributed by atoms with Crippen LogP contribution in [0.25, 0.3) is 0 Å². The molecule has 1 aromatic rings. The van der Waals surface area contributed by atoms with Crippen LogP contribution in [0.5, 0.6) is 0 Å². The lowest BCUT2D eigenvalue weighted by atomic mass is 10.0. The van der Waals surface area contributed by atoms with Gasteiger partial charge >= 0.3 is 0 Å². The fourth-order valence-corrected chi connectivity index (χ4v) is 2.20. The molecule has 0 saturated heterocycles. The highest BCUT2D eigenvalue weighted by Gasteiger charge is 2.11. The zero-order valence-electron chi connectivity index (χ0n) is 13.1. The Balaban J connectivity index is 2.48. The van der Waals surface area contributed by atoms with Crippen LogP contribution in [0, 0.1) is 5.92 Å². The van der Waals surface area contributed by atoms with Crippen LogP contribution in [0.15, 0.2) is 18.3 Å². The summed E-state index contributed by atoms with van der Waals surface area (Å²) >= 11 is 0. The third kappa shape index (κ3) is 6.17. The molecule has 1 N–H and O–H groups in total. The maximum Gasteiger partial charge on any atom is 0.0544 e. The molecule has 1 unspecified atom stereocenters. The molecular formula is C16H29N3. The number of hydrogen-bond donors (Lipinski definition) is 1. The Hall–Kier alpha value is -0.930. The Labute approximate surface area is 118 Å². The van der Waals surface area contributed by atoms with Crippen molar-refractivity contribution in [1.29, 1.82) is 0 Å². The van der Waals surface area contributed by atoms with Gasteiger partial charge in [-0.2, -0.15) is 0 Å². The van der Waals surface area contributed by atoms with E-state index in [9.17, 15) is 0 Å². The SMILES string of the molecule is CCNCc1ccc(CN(C)C(C)CC(C)C)nc1. The van der Waals surface area contributed by atoms with Gasteiger partial charge in [-0.3, -0.25) is 9.88 Å². The quantitative estimate of drug-likeness (QED) is 0.781. The molecular weight excluding hydrogens is 234 g/mol.